The molecule has 1 aromatic heterocycles. The summed E-state index contributed by atoms with van der Waals surface area (Å²) in [4.78, 5) is 18.9. The monoisotopic (exact) mass is 278 g/mol. The Bertz CT molecular complexity index is 477. The van der Waals surface area contributed by atoms with Crippen LogP contribution in [0.4, 0.5) is 5.82 Å². The third-order valence-electron chi connectivity index (χ3n) is 3.79. The van der Waals surface area contributed by atoms with Gasteiger partial charge in [-0.2, -0.15) is 0 Å². The molecular weight excluding hydrogens is 252 g/mol. The molecule has 1 atom stereocenters. The van der Waals surface area contributed by atoms with Crippen LogP contribution in [0.15, 0.2) is 17.2 Å². The Morgan fingerprint density at radius 3 is 2.60 bits per heavy atom. The number of piperidine rings is 1. The van der Waals surface area contributed by atoms with Crippen molar-refractivity contribution in [2.45, 2.75) is 52.1 Å². The first-order valence-corrected chi connectivity index (χ1v) is 7.64. The Morgan fingerprint density at radius 2 is 1.95 bits per heavy atom. The molecule has 0 saturated carbocycles. The van der Waals surface area contributed by atoms with Crippen LogP contribution >= 0.6 is 0 Å². The predicted molar refractivity (Wildman–Crippen MR) is 82.3 cm³/mol. The van der Waals surface area contributed by atoms with E-state index in [2.05, 4.69) is 22.1 Å². The molecule has 1 aliphatic rings. The minimum atomic E-state index is -0.0343. The maximum Gasteiger partial charge on any atom is 0.293 e. The number of hydrogen-bond donors (Lipinski definition) is 1. The summed E-state index contributed by atoms with van der Waals surface area (Å²) >= 11 is 0. The molecule has 0 aliphatic carbocycles. The average Bonchev–Trinajstić information content (AvgIpc) is 2.42. The van der Waals surface area contributed by atoms with E-state index in [1.165, 1.54) is 32.4 Å². The van der Waals surface area contributed by atoms with Crippen molar-refractivity contribution in [3.8, 4) is 0 Å². The van der Waals surface area contributed by atoms with Gasteiger partial charge < -0.3 is 14.8 Å². The van der Waals surface area contributed by atoms with Crippen LogP contribution in [0.25, 0.3) is 0 Å². The van der Waals surface area contributed by atoms with E-state index in [0.717, 1.165) is 6.54 Å². The zero-order chi connectivity index (χ0) is 14.5. The molecule has 1 aliphatic heterocycles. The molecule has 112 valence electrons. The van der Waals surface area contributed by atoms with E-state index in [1.807, 2.05) is 13.8 Å². The van der Waals surface area contributed by atoms with Gasteiger partial charge in [-0.15, -0.1) is 0 Å². The van der Waals surface area contributed by atoms with Gasteiger partial charge in [0, 0.05) is 31.0 Å². The van der Waals surface area contributed by atoms with Crippen molar-refractivity contribution in [2.24, 2.45) is 0 Å². The second kappa shape index (κ2) is 6.88. The highest BCUT2D eigenvalue weighted by Crippen LogP contribution is 2.10. The van der Waals surface area contributed by atoms with Gasteiger partial charge in [0.25, 0.3) is 5.56 Å². The molecule has 0 bridgehead atoms. The second-order valence-corrected chi connectivity index (χ2v) is 5.99. The van der Waals surface area contributed by atoms with Gasteiger partial charge >= 0.3 is 0 Å². The Morgan fingerprint density at radius 1 is 1.25 bits per heavy atom. The summed E-state index contributed by atoms with van der Waals surface area (Å²) in [5, 5.41) is 3.27. The molecule has 5 heteroatoms. The van der Waals surface area contributed by atoms with Crippen LogP contribution in [0.5, 0.6) is 0 Å². The molecule has 0 radical (unpaired) electrons. The first-order chi connectivity index (χ1) is 9.58. The molecular formula is C15H26N4O. The number of rotatable bonds is 5. The topological polar surface area (TPSA) is 50.2 Å². The van der Waals surface area contributed by atoms with E-state index in [4.69, 9.17) is 0 Å². The smallest absolute Gasteiger partial charge is 0.293 e. The lowest BCUT2D eigenvalue weighted by Crippen LogP contribution is -2.39. The first kappa shape index (κ1) is 15.0. The van der Waals surface area contributed by atoms with Crippen LogP contribution < -0.4 is 10.9 Å². The summed E-state index contributed by atoms with van der Waals surface area (Å²) in [5.41, 5.74) is -0.0343. The third-order valence-corrected chi connectivity index (χ3v) is 3.79. The molecule has 2 heterocycles. The number of likely N-dealkylation sites (tertiary alicyclic amines) is 1. The highest BCUT2D eigenvalue weighted by atomic mass is 16.1. The summed E-state index contributed by atoms with van der Waals surface area (Å²) in [7, 11) is 0. The number of hydrogen-bond acceptors (Lipinski definition) is 4. The fraction of sp³-hybridized carbons (Fsp3) is 0.733. The van der Waals surface area contributed by atoms with Gasteiger partial charge in [-0.05, 0) is 46.7 Å². The van der Waals surface area contributed by atoms with E-state index < -0.39 is 0 Å². The van der Waals surface area contributed by atoms with Crippen LogP contribution in [0, 0.1) is 0 Å². The van der Waals surface area contributed by atoms with Gasteiger partial charge in [0.1, 0.15) is 0 Å². The van der Waals surface area contributed by atoms with Gasteiger partial charge in [-0.3, -0.25) is 4.79 Å². The van der Waals surface area contributed by atoms with Gasteiger partial charge in [-0.25, -0.2) is 4.98 Å². The molecule has 1 saturated heterocycles. The Labute approximate surface area is 121 Å². The first-order valence-electron chi connectivity index (χ1n) is 7.64. The Hall–Kier alpha value is -1.36. The van der Waals surface area contributed by atoms with Crippen molar-refractivity contribution in [3.05, 3.63) is 22.7 Å². The standard InChI is InChI=1S/C15H26N4O/c1-12(2)19-10-7-16-14(15(19)20)17-13(3)11-18-8-5-4-6-9-18/h7,10,12-13H,4-6,8-9,11H2,1-3H3,(H,16,17). The molecule has 1 aromatic rings. The van der Waals surface area contributed by atoms with E-state index in [9.17, 15) is 4.79 Å². The second-order valence-electron chi connectivity index (χ2n) is 5.99. The zero-order valence-corrected chi connectivity index (χ0v) is 12.8. The Kier molecular flexibility index (Phi) is 5.17. The highest BCUT2D eigenvalue weighted by molar-refractivity contribution is 5.32. The zero-order valence-electron chi connectivity index (χ0n) is 12.8. The molecule has 5 nitrogen and oxygen atoms in total. The van der Waals surface area contributed by atoms with Crippen LogP contribution in [0.3, 0.4) is 0 Å². The largest absolute Gasteiger partial charge is 0.362 e. The third kappa shape index (κ3) is 3.82. The van der Waals surface area contributed by atoms with Crippen molar-refractivity contribution in [1.82, 2.24) is 14.5 Å². The van der Waals surface area contributed by atoms with E-state index in [0.29, 0.717) is 5.82 Å². The van der Waals surface area contributed by atoms with Gasteiger partial charge in [0.15, 0.2) is 5.82 Å². The van der Waals surface area contributed by atoms with E-state index in [1.54, 1.807) is 17.0 Å². The van der Waals surface area contributed by atoms with Crippen molar-refractivity contribution in [2.75, 3.05) is 25.0 Å². The lowest BCUT2D eigenvalue weighted by atomic mass is 10.1. The van der Waals surface area contributed by atoms with Crippen molar-refractivity contribution in [1.29, 1.82) is 0 Å². The molecule has 2 rings (SSSR count). The minimum Gasteiger partial charge on any atom is -0.362 e. The normalized spacial score (nSPS) is 18.2. The maximum atomic E-state index is 12.3. The highest BCUT2D eigenvalue weighted by Gasteiger charge is 2.15. The van der Waals surface area contributed by atoms with Crippen molar-refractivity contribution in [3.63, 3.8) is 0 Å². The number of nitrogens with zero attached hydrogens (tertiary/aromatic N) is 3. The lowest BCUT2D eigenvalue weighted by Gasteiger charge is -2.29. The quantitative estimate of drug-likeness (QED) is 0.896. The minimum absolute atomic E-state index is 0.0343. The van der Waals surface area contributed by atoms with Gasteiger partial charge in [-0.1, -0.05) is 6.42 Å². The predicted octanol–water partition coefficient (Wildman–Crippen LogP) is 2.11. The van der Waals surface area contributed by atoms with Crippen LogP contribution in [-0.4, -0.2) is 40.1 Å². The molecule has 20 heavy (non-hydrogen) atoms. The summed E-state index contributed by atoms with van der Waals surface area (Å²) in [5.74, 6) is 0.464. The number of anilines is 1. The van der Waals surface area contributed by atoms with Crippen LogP contribution in [0.2, 0.25) is 0 Å². The molecule has 0 aromatic carbocycles. The number of aromatic nitrogens is 2. The maximum absolute atomic E-state index is 12.3. The van der Waals surface area contributed by atoms with Gasteiger partial charge in [0.2, 0.25) is 0 Å². The van der Waals surface area contributed by atoms with E-state index in [-0.39, 0.29) is 17.6 Å². The number of nitrogens with one attached hydrogen (secondary N) is 1. The molecule has 0 spiro atoms. The average molecular weight is 278 g/mol. The van der Waals surface area contributed by atoms with Gasteiger partial charge in [0.05, 0.1) is 0 Å². The summed E-state index contributed by atoms with van der Waals surface area (Å²) in [6.07, 6.45) is 7.36. The molecule has 1 unspecified atom stereocenters. The fourth-order valence-corrected chi connectivity index (χ4v) is 2.74. The molecule has 0 amide bonds. The molecule has 1 fully saturated rings. The van der Waals surface area contributed by atoms with Crippen LogP contribution in [-0.2, 0) is 0 Å². The molecule has 1 N–H and O–H groups in total. The summed E-state index contributed by atoms with van der Waals surface area (Å²) < 4.78 is 1.71. The fourth-order valence-electron chi connectivity index (χ4n) is 2.74. The van der Waals surface area contributed by atoms with E-state index >= 15 is 0 Å². The van der Waals surface area contributed by atoms with Crippen LogP contribution in [0.1, 0.15) is 46.1 Å². The Balaban J connectivity index is 1.98. The van der Waals surface area contributed by atoms with Crippen molar-refractivity contribution >= 4 is 5.82 Å². The summed E-state index contributed by atoms with van der Waals surface area (Å²) in [6.45, 7) is 9.43. The SMILES string of the molecule is CC(CN1CCCCC1)Nc1nccn(C(C)C)c1=O. The van der Waals surface area contributed by atoms with Crippen molar-refractivity contribution < 1.29 is 0 Å². The summed E-state index contributed by atoms with van der Waals surface area (Å²) in [6, 6.07) is 0.389. The lowest BCUT2D eigenvalue weighted by molar-refractivity contribution is 0.223.